The first-order valence-electron chi connectivity index (χ1n) is 3.23. The summed E-state index contributed by atoms with van der Waals surface area (Å²) in [4.78, 5) is 0. The van der Waals surface area contributed by atoms with E-state index in [1.54, 1.807) is 0 Å². The van der Waals surface area contributed by atoms with Crippen LogP contribution in [0, 0.1) is 0 Å². The van der Waals surface area contributed by atoms with Gasteiger partial charge in [-0.1, -0.05) is 30.3 Å². The van der Waals surface area contributed by atoms with Crippen molar-refractivity contribution in [1.29, 1.82) is 0 Å². The van der Waals surface area contributed by atoms with Gasteiger partial charge in [0.25, 0.3) is 0 Å². The molecule has 0 heterocycles. The fourth-order valence-electron chi connectivity index (χ4n) is 0.775. The first-order chi connectivity index (χ1) is 4.86. The van der Waals surface area contributed by atoms with Crippen LogP contribution in [0.4, 0.5) is 0 Å². The van der Waals surface area contributed by atoms with E-state index in [4.69, 9.17) is 5.11 Å². The van der Waals surface area contributed by atoms with E-state index in [9.17, 15) is 0 Å². The molecule has 1 N–H and O–H groups in total. The van der Waals surface area contributed by atoms with Crippen molar-refractivity contribution in [3.63, 3.8) is 0 Å². The molecule has 0 saturated carbocycles. The molecule has 0 radical (unpaired) electrons. The van der Waals surface area contributed by atoms with Gasteiger partial charge in [0.15, 0.2) is 0 Å². The molecule has 0 bridgehead atoms. The number of hydrogen-bond donors (Lipinski definition) is 1. The summed E-state index contributed by atoms with van der Waals surface area (Å²) in [7, 11) is 0. The third kappa shape index (κ3) is 1.38. The maximum absolute atomic E-state index is 8.57. The second-order valence-electron chi connectivity index (χ2n) is 2.08. The van der Waals surface area contributed by atoms with Crippen molar-refractivity contribution >= 4 is 12.3 Å². The summed E-state index contributed by atoms with van der Waals surface area (Å²) in [5.41, 5.74) is 0. The molecule has 1 heteroatoms. The molecule has 0 aliphatic carbocycles. The summed E-state index contributed by atoms with van der Waals surface area (Å²) in [6.07, 6.45) is 3.11. The number of benzene rings is 1. The predicted octanol–water partition coefficient (Wildman–Crippen LogP) is 0.783. The maximum Gasteiger partial charge on any atom is 0.0864 e. The Morgan fingerprint density at radius 1 is 1.10 bits per heavy atom. The van der Waals surface area contributed by atoms with E-state index in [0.29, 0.717) is 0 Å². The van der Waals surface area contributed by atoms with Crippen LogP contribution in [0.3, 0.4) is 0 Å². The molecule has 0 atom stereocenters. The van der Waals surface area contributed by atoms with E-state index in [1.165, 1.54) is 5.22 Å². The largest absolute Gasteiger partial charge is 0.515 e. The monoisotopic (exact) mass is 134 g/mol. The standard InChI is InChI=1S/C9H10O/c1-2-8-3-5-9(7-10)6-4-8/h2-7,10H,1H3. The molecule has 0 aromatic heterocycles. The molecule has 0 aliphatic rings. The minimum Gasteiger partial charge on any atom is -0.515 e. The minimum absolute atomic E-state index is 0.839. The highest BCUT2D eigenvalue weighted by Crippen LogP contribution is 1.69. The quantitative estimate of drug-likeness (QED) is 0.556. The van der Waals surface area contributed by atoms with E-state index in [2.05, 4.69) is 0 Å². The second-order valence-corrected chi connectivity index (χ2v) is 2.08. The lowest BCUT2D eigenvalue weighted by Crippen LogP contribution is -2.05. The summed E-state index contributed by atoms with van der Waals surface area (Å²) in [5.74, 6) is 0. The van der Waals surface area contributed by atoms with Crippen molar-refractivity contribution in [2.24, 2.45) is 0 Å². The molecule has 0 amide bonds. The zero-order valence-corrected chi connectivity index (χ0v) is 5.91. The van der Waals surface area contributed by atoms with Gasteiger partial charge in [-0.3, -0.25) is 0 Å². The number of rotatable bonds is 0. The molecule has 0 aliphatic heterocycles. The lowest BCUT2D eigenvalue weighted by atomic mass is 10.2. The van der Waals surface area contributed by atoms with E-state index >= 15 is 0 Å². The SMILES string of the molecule is CC=c1ccc(=CO)cc1. The van der Waals surface area contributed by atoms with Gasteiger partial charge in [-0.2, -0.15) is 0 Å². The highest BCUT2D eigenvalue weighted by atomic mass is 16.2. The number of hydrogen-bond acceptors (Lipinski definition) is 1. The summed E-state index contributed by atoms with van der Waals surface area (Å²) in [6.45, 7) is 1.98. The maximum atomic E-state index is 8.57. The fourth-order valence-corrected chi connectivity index (χ4v) is 0.775. The molecule has 0 fully saturated rings. The van der Waals surface area contributed by atoms with Gasteiger partial charge in [0.05, 0.1) is 6.26 Å². The normalized spacial score (nSPS) is 8.90. The van der Waals surface area contributed by atoms with Crippen LogP contribution in [-0.4, -0.2) is 5.11 Å². The van der Waals surface area contributed by atoms with Crippen LogP contribution in [-0.2, 0) is 0 Å². The zero-order chi connectivity index (χ0) is 7.40. The molecule has 10 heavy (non-hydrogen) atoms. The van der Waals surface area contributed by atoms with Crippen LogP contribution >= 0.6 is 0 Å². The summed E-state index contributed by atoms with van der Waals surface area (Å²) in [5, 5.41) is 10.6. The van der Waals surface area contributed by atoms with Crippen LogP contribution < -0.4 is 10.4 Å². The average molecular weight is 134 g/mol. The Bertz CT molecular complexity index is 255. The van der Waals surface area contributed by atoms with Crippen LogP contribution in [0.5, 0.6) is 0 Å². The zero-order valence-electron chi connectivity index (χ0n) is 5.91. The van der Waals surface area contributed by atoms with Crippen LogP contribution in [0.25, 0.3) is 12.3 Å². The van der Waals surface area contributed by atoms with E-state index in [1.807, 2.05) is 37.3 Å². The topological polar surface area (TPSA) is 20.2 Å². The Balaban J connectivity index is 3.28. The first-order valence-corrected chi connectivity index (χ1v) is 3.23. The van der Waals surface area contributed by atoms with Crippen molar-refractivity contribution in [2.45, 2.75) is 6.92 Å². The third-order valence-electron chi connectivity index (χ3n) is 1.42. The average Bonchev–Trinajstić information content (AvgIpc) is 2.05. The van der Waals surface area contributed by atoms with Crippen LogP contribution in [0.2, 0.25) is 0 Å². The first kappa shape index (κ1) is 6.87. The third-order valence-corrected chi connectivity index (χ3v) is 1.42. The van der Waals surface area contributed by atoms with Gasteiger partial charge in [0.1, 0.15) is 0 Å². The molecule has 0 unspecified atom stereocenters. The second kappa shape index (κ2) is 3.06. The summed E-state index contributed by atoms with van der Waals surface area (Å²) < 4.78 is 0. The van der Waals surface area contributed by atoms with Gasteiger partial charge in [-0.15, -0.1) is 0 Å². The molecular formula is C9H10O. The molecule has 1 aromatic rings. The smallest absolute Gasteiger partial charge is 0.0864 e. The summed E-state index contributed by atoms with van der Waals surface area (Å²) >= 11 is 0. The van der Waals surface area contributed by atoms with Gasteiger partial charge < -0.3 is 5.11 Å². The van der Waals surface area contributed by atoms with Gasteiger partial charge >= 0.3 is 0 Å². The van der Waals surface area contributed by atoms with Gasteiger partial charge in [-0.25, -0.2) is 0 Å². The Hall–Kier alpha value is -1.24. The Morgan fingerprint density at radius 3 is 2.00 bits per heavy atom. The molecule has 1 rings (SSSR count). The lowest BCUT2D eigenvalue weighted by Gasteiger charge is -1.83. The molecule has 1 nitrogen and oxygen atoms in total. The fraction of sp³-hybridized carbons (Fsp3) is 0.111. The van der Waals surface area contributed by atoms with Crippen molar-refractivity contribution < 1.29 is 5.11 Å². The van der Waals surface area contributed by atoms with E-state index < -0.39 is 0 Å². The van der Waals surface area contributed by atoms with E-state index in [-0.39, 0.29) is 0 Å². The highest BCUT2D eigenvalue weighted by Gasteiger charge is 1.75. The molecule has 0 spiro atoms. The molecular weight excluding hydrogens is 124 g/mol. The Kier molecular flexibility index (Phi) is 2.11. The van der Waals surface area contributed by atoms with Crippen molar-refractivity contribution in [2.75, 3.05) is 0 Å². The highest BCUT2D eigenvalue weighted by molar-refractivity contribution is 5.23. The van der Waals surface area contributed by atoms with Crippen molar-refractivity contribution in [3.05, 3.63) is 34.7 Å². The molecule has 0 saturated heterocycles. The van der Waals surface area contributed by atoms with Crippen LogP contribution in [0.1, 0.15) is 6.92 Å². The summed E-state index contributed by atoms with van der Waals surface area (Å²) in [6, 6.07) is 7.66. The Morgan fingerprint density at radius 2 is 1.60 bits per heavy atom. The predicted molar refractivity (Wildman–Crippen MR) is 42.9 cm³/mol. The lowest BCUT2D eigenvalue weighted by molar-refractivity contribution is 0.540. The van der Waals surface area contributed by atoms with Crippen molar-refractivity contribution in [1.82, 2.24) is 0 Å². The van der Waals surface area contributed by atoms with Crippen molar-refractivity contribution in [3.8, 4) is 0 Å². The van der Waals surface area contributed by atoms with Crippen LogP contribution in [0.15, 0.2) is 24.3 Å². The number of aliphatic hydroxyl groups excluding tert-OH is 1. The molecule has 52 valence electrons. The Labute approximate surface area is 59.9 Å². The number of aliphatic hydroxyl groups is 1. The van der Waals surface area contributed by atoms with E-state index in [0.717, 1.165) is 11.5 Å². The van der Waals surface area contributed by atoms with Gasteiger partial charge in [0, 0.05) is 5.22 Å². The molecule has 1 aromatic carbocycles. The van der Waals surface area contributed by atoms with Gasteiger partial charge in [-0.05, 0) is 12.1 Å². The minimum atomic E-state index is 0.839. The van der Waals surface area contributed by atoms with Gasteiger partial charge in [0.2, 0.25) is 0 Å².